The van der Waals surface area contributed by atoms with Gasteiger partial charge in [-0.15, -0.1) is 0 Å². The summed E-state index contributed by atoms with van der Waals surface area (Å²) in [5.41, 5.74) is 0.232. The van der Waals surface area contributed by atoms with Crippen LogP contribution in [0.4, 0.5) is 0 Å². The molecule has 1 aliphatic heterocycles. The Morgan fingerprint density at radius 1 is 1.36 bits per heavy atom. The zero-order chi connectivity index (χ0) is 18.4. The number of piperidine rings is 1. The first-order valence-electron chi connectivity index (χ1n) is 8.94. The van der Waals surface area contributed by atoms with Crippen LogP contribution in [0.3, 0.4) is 0 Å². The number of rotatable bonds is 7. The van der Waals surface area contributed by atoms with Crippen LogP contribution in [0, 0.1) is 5.92 Å². The summed E-state index contributed by atoms with van der Waals surface area (Å²) in [6.07, 6.45) is 2.61. The van der Waals surface area contributed by atoms with Gasteiger partial charge in [-0.1, -0.05) is 32.4 Å². The smallest absolute Gasteiger partial charge is 0.254 e. The van der Waals surface area contributed by atoms with E-state index in [1.807, 2.05) is 6.92 Å². The van der Waals surface area contributed by atoms with Gasteiger partial charge in [-0.3, -0.25) is 4.79 Å². The second kappa shape index (κ2) is 8.78. The van der Waals surface area contributed by atoms with Crippen LogP contribution < -0.4 is 10.0 Å². The van der Waals surface area contributed by atoms with Gasteiger partial charge in [-0.2, -0.15) is 0 Å². The van der Waals surface area contributed by atoms with Gasteiger partial charge in [0.1, 0.15) is 0 Å². The van der Waals surface area contributed by atoms with Crippen molar-refractivity contribution in [2.75, 3.05) is 26.7 Å². The van der Waals surface area contributed by atoms with E-state index < -0.39 is 10.0 Å². The molecule has 0 spiro atoms. The highest BCUT2D eigenvalue weighted by molar-refractivity contribution is 7.89. The molecule has 140 valence electrons. The van der Waals surface area contributed by atoms with Gasteiger partial charge in [0, 0.05) is 19.6 Å². The lowest BCUT2D eigenvalue weighted by Crippen LogP contribution is -2.48. The summed E-state index contributed by atoms with van der Waals surface area (Å²) >= 11 is 0. The van der Waals surface area contributed by atoms with Crippen molar-refractivity contribution in [3.8, 4) is 0 Å². The third-order valence-corrected chi connectivity index (χ3v) is 6.24. The topological polar surface area (TPSA) is 78.5 Å². The summed E-state index contributed by atoms with van der Waals surface area (Å²) in [7, 11) is -2.04. The van der Waals surface area contributed by atoms with Crippen molar-refractivity contribution in [1.82, 2.24) is 14.9 Å². The van der Waals surface area contributed by atoms with Gasteiger partial charge >= 0.3 is 0 Å². The maximum absolute atomic E-state index is 12.9. The number of carbonyl (C=O) groups is 1. The van der Waals surface area contributed by atoms with Crippen LogP contribution in [-0.2, 0) is 10.0 Å². The van der Waals surface area contributed by atoms with Crippen molar-refractivity contribution in [3.05, 3.63) is 29.8 Å². The van der Waals surface area contributed by atoms with Gasteiger partial charge in [-0.05, 0) is 44.0 Å². The minimum Gasteiger partial charge on any atom is -0.342 e. The molecule has 0 aromatic heterocycles. The average Bonchev–Trinajstić information content (AvgIpc) is 2.61. The van der Waals surface area contributed by atoms with Crippen LogP contribution in [0.5, 0.6) is 0 Å². The Kier molecular flexibility index (Phi) is 6.98. The van der Waals surface area contributed by atoms with Gasteiger partial charge in [0.2, 0.25) is 10.0 Å². The van der Waals surface area contributed by atoms with Crippen molar-refractivity contribution >= 4 is 15.9 Å². The monoisotopic (exact) mass is 367 g/mol. The van der Waals surface area contributed by atoms with E-state index in [0.717, 1.165) is 32.4 Å². The largest absolute Gasteiger partial charge is 0.342 e. The zero-order valence-corrected chi connectivity index (χ0v) is 16.1. The highest BCUT2D eigenvalue weighted by Crippen LogP contribution is 2.20. The van der Waals surface area contributed by atoms with Gasteiger partial charge < -0.3 is 10.2 Å². The molecule has 1 fully saturated rings. The van der Waals surface area contributed by atoms with E-state index in [1.165, 1.54) is 6.07 Å². The standard InChI is InChI=1S/C18H29N3O3S/c1-4-5-12-21(3)18(22)15-8-6-7-9-17(15)25(23,24)20-16-10-11-19-13-14(16)2/h6-9,14,16,19-20H,4-5,10-13H2,1-3H3. The van der Waals surface area contributed by atoms with Crippen LogP contribution in [-0.4, -0.2) is 51.9 Å². The van der Waals surface area contributed by atoms with Crippen LogP contribution in [0.2, 0.25) is 0 Å². The second-order valence-corrected chi connectivity index (χ2v) is 8.46. The van der Waals surface area contributed by atoms with E-state index in [4.69, 9.17) is 0 Å². The molecule has 0 radical (unpaired) electrons. The lowest BCUT2D eigenvalue weighted by atomic mass is 9.97. The first kappa shape index (κ1) is 19.9. The first-order valence-corrected chi connectivity index (χ1v) is 10.4. The third-order valence-electron chi connectivity index (χ3n) is 4.69. The van der Waals surface area contributed by atoms with E-state index in [9.17, 15) is 13.2 Å². The number of unbranched alkanes of at least 4 members (excludes halogenated alkanes) is 1. The van der Waals surface area contributed by atoms with E-state index in [2.05, 4.69) is 17.0 Å². The number of nitrogens with zero attached hydrogens (tertiary/aromatic N) is 1. The summed E-state index contributed by atoms with van der Waals surface area (Å²) in [4.78, 5) is 14.4. The summed E-state index contributed by atoms with van der Waals surface area (Å²) < 4.78 is 28.6. The van der Waals surface area contributed by atoms with Crippen molar-refractivity contribution in [1.29, 1.82) is 0 Å². The molecule has 6 nitrogen and oxygen atoms in total. The predicted molar refractivity (Wildman–Crippen MR) is 99.1 cm³/mol. The Morgan fingerprint density at radius 2 is 2.08 bits per heavy atom. The Hall–Kier alpha value is -1.44. The molecule has 1 aromatic rings. The number of nitrogens with one attached hydrogen (secondary N) is 2. The van der Waals surface area contributed by atoms with Crippen molar-refractivity contribution < 1.29 is 13.2 Å². The maximum atomic E-state index is 12.9. The van der Waals surface area contributed by atoms with E-state index in [1.54, 1.807) is 30.1 Å². The van der Waals surface area contributed by atoms with Crippen LogP contribution in [0.15, 0.2) is 29.2 Å². The Balaban J connectivity index is 2.24. The van der Waals surface area contributed by atoms with E-state index in [0.29, 0.717) is 6.54 Å². The van der Waals surface area contributed by atoms with Crippen molar-refractivity contribution in [2.24, 2.45) is 5.92 Å². The fraction of sp³-hybridized carbons (Fsp3) is 0.611. The molecule has 2 N–H and O–H groups in total. The highest BCUT2D eigenvalue weighted by Gasteiger charge is 2.29. The number of amides is 1. The Labute approximate surface area is 151 Å². The fourth-order valence-corrected chi connectivity index (χ4v) is 4.61. The molecule has 7 heteroatoms. The maximum Gasteiger partial charge on any atom is 0.254 e. The van der Waals surface area contributed by atoms with Crippen molar-refractivity contribution in [2.45, 2.75) is 44.0 Å². The lowest BCUT2D eigenvalue weighted by Gasteiger charge is -2.30. The highest BCUT2D eigenvalue weighted by atomic mass is 32.2. The number of benzene rings is 1. The van der Waals surface area contributed by atoms with Crippen molar-refractivity contribution in [3.63, 3.8) is 0 Å². The molecular formula is C18H29N3O3S. The molecule has 2 atom stereocenters. The molecule has 1 amide bonds. The van der Waals surface area contributed by atoms with E-state index in [-0.39, 0.29) is 28.3 Å². The van der Waals surface area contributed by atoms with Crippen LogP contribution >= 0.6 is 0 Å². The number of carbonyl (C=O) groups excluding carboxylic acids is 1. The Bertz CT molecular complexity index is 691. The van der Waals surface area contributed by atoms with Crippen LogP contribution in [0.1, 0.15) is 43.5 Å². The molecule has 1 saturated heterocycles. The molecule has 1 aromatic carbocycles. The molecule has 2 unspecified atom stereocenters. The molecule has 2 rings (SSSR count). The molecule has 1 aliphatic rings. The summed E-state index contributed by atoms with van der Waals surface area (Å²) in [5, 5.41) is 3.26. The zero-order valence-electron chi connectivity index (χ0n) is 15.3. The number of sulfonamides is 1. The van der Waals surface area contributed by atoms with Crippen LogP contribution in [0.25, 0.3) is 0 Å². The van der Waals surface area contributed by atoms with Gasteiger partial charge in [0.25, 0.3) is 5.91 Å². The molecule has 0 aliphatic carbocycles. The average molecular weight is 368 g/mol. The summed E-state index contributed by atoms with van der Waals surface area (Å²) in [6, 6.07) is 6.34. The summed E-state index contributed by atoms with van der Waals surface area (Å²) in [6.45, 7) is 6.27. The van der Waals surface area contributed by atoms with Gasteiger partial charge in [-0.25, -0.2) is 13.1 Å². The lowest BCUT2D eigenvalue weighted by molar-refractivity contribution is 0.0789. The first-order chi connectivity index (χ1) is 11.9. The minimum atomic E-state index is -3.75. The molecule has 0 bridgehead atoms. The summed E-state index contributed by atoms with van der Waals surface area (Å²) in [5.74, 6) is -0.0496. The molecule has 0 saturated carbocycles. The fourth-order valence-electron chi connectivity index (χ4n) is 3.03. The molecule has 1 heterocycles. The number of hydrogen-bond acceptors (Lipinski definition) is 4. The minimum absolute atomic E-state index is 0.0640. The van der Waals surface area contributed by atoms with E-state index >= 15 is 0 Å². The predicted octanol–water partition coefficient (Wildman–Crippen LogP) is 1.84. The molecule has 25 heavy (non-hydrogen) atoms. The molecular weight excluding hydrogens is 338 g/mol. The second-order valence-electron chi connectivity index (χ2n) is 6.77. The van der Waals surface area contributed by atoms with Gasteiger partial charge in [0.15, 0.2) is 0 Å². The third kappa shape index (κ3) is 5.03. The normalized spacial score (nSPS) is 21.1. The quantitative estimate of drug-likeness (QED) is 0.771. The Morgan fingerprint density at radius 3 is 2.76 bits per heavy atom. The van der Waals surface area contributed by atoms with Gasteiger partial charge in [0.05, 0.1) is 10.5 Å². The number of hydrogen-bond donors (Lipinski definition) is 2. The SMILES string of the molecule is CCCCN(C)C(=O)c1ccccc1S(=O)(=O)NC1CCNCC1C.